The zero-order valence-electron chi connectivity index (χ0n) is 17.9. The smallest absolute Gasteiger partial charge is 0.261 e. The zero-order valence-corrected chi connectivity index (χ0v) is 17.9. The molecule has 164 valence electrons. The van der Waals surface area contributed by atoms with E-state index in [0.29, 0.717) is 23.6 Å². The number of fused-ring (bicyclic) bond motifs is 2. The number of para-hydroxylation sites is 2. The first-order valence-corrected chi connectivity index (χ1v) is 11.2. The van der Waals surface area contributed by atoms with Crippen LogP contribution in [-0.4, -0.2) is 33.8 Å². The van der Waals surface area contributed by atoms with Crippen LogP contribution in [0.4, 0.5) is 0 Å². The van der Waals surface area contributed by atoms with Crippen molar-refractivity contribution in [3.05, 3.63) is 89.5 Å². The predicted octanol–water partition coefficient (Wildman–Crippen LogP) is 5.23. The summed E-state index contributed by atoms with van der Waals surface area (Å²) in [6, 6.07) is 22.4. The molecule has 1 aliphatic heterocycles. The molecule has 0 spiro atoms. The van der Waals surface area contributed by atoms with Gasteiger partial charge in [-0.15, -0.1) is 0 Å². The van der Waals surface area contributed by atoms with Crippen molar-refractivity contribution in [3.63, 3.8) is 0 Å². The van der Waals surface area contributed by atoms with Gasteiger partial charge in [0.1, 0.15) is 5.52 Å². The highest BCUT2D eigenvalue weighted by Gasteiger charge is 2.44. The topological polar surface area (TPSA) is 72.6 Å². The third-order valence-corrected chi connectivity index (χ3v) is 6.53. The molecule has 1 aliphatic carbocycles. The van der Waals surface area contributed by atoms with Gasteiger partial charge >= 0.3 is 0 Å². The molecule has 6 rings (SSSR count). The van der Waals surface area contributed by atoms with E-state index < -0.39 is 0 Å². The Morgan fingerprint density at radius 2 is 1.58 bits per heavy atom. The minimum atomic E-state index is -0.226. The molecule has 0 bridgehead atoms. The highest BCUT2D eigenvalue weighted by molar-refractivity contribution is 6.21. The number of carbonyl (C=O) groups excluding carboxylic acids is 2. The van der Waals surface area contributed by atoms with Crippen LogP contribution in [0.2, 0.25) is 0 Å². The number of nitrogens with zero attached hydrogens (tertiary/aromatic N) is 2. The van der Waals surface area contributed by atoms with Crippen molar-refractivity contribution >= 4 is 22.9 Å². The van der Waals surface area contributed by atoms with Crippen LogP contribution in [0.25, 0.3) is 22.6 Å². The van der Waals surface area contributed by atoms with Gasteiger partial charge in [0.15, 0.2) is 5.58 Å². The first-order chi connectivity index (χ1) is 16.2. The molecule has 1 aromatic heterocycles. The second kappa shape index (κ2) is 7.98. The summed E-state index contributed by atoms with van der Waals surface area (Å²) < 4.78 is 12.1. The van der Waals surface area contributed by atoms with Crippen molar-refractivity contribution in [1.82, 2.24) is 9.88 Å². The number of rotatable bonds is 5. The number of benzene rings is 3. The lowest BCUT2D eigenvalue weighted by molar-refractivity contribution is -0.000758. The number of aromatic nitrogens is 1. The number of hydrogen-bond acceptors (Lipinski definition) is 5. The Kier molecular flexibility index (Phi) is 4.80. The Morgan fingerprint density at radius 1 is 0.879 bits per heavy atom. The molecule has 0 N–H and O–H groups in total. The van der Waals surface area contributed by atoms with E-state index in [0.717, 1.165) is 41.5 Å². The lowest BCUT2D eigenvalue weighted by Gasteiger charge is -2.28. The fourth-order valence-electron chi connectivity index (χ4n) is 4.85. The first-order valence-electron chi connectivity index (χ1n) is 11.2. The van der Waals surface area contributed by atoms with Gasteiger partial charge in [0.05, 0.1) is 29.9 Å². The molecule has 2 amide bonds. The quantitative estimate of drug-likeness (QED) is 0.399. The van der Waals surface area contributed by atoms with Gasteiger partial charge in [-0.25, -0.2) is 4.98 Å². The van der Waals surface area contributed by atoms with Gasteiger partial charge in [0.2, 0.25) is 5.89 Å². The van der Waals surface area contributed by atoms with Crippen molar-refractivity contribution in [2.75, 3.05) is 0 Å². The van der Waals surface area contributed by atoms with Crippen molar-refractivity contribution in [2.24, 2.45) is 0 Å². The fraction of sp³-hybridized carbons (Fsp3) is 0.222. The fourth-order valence-corrected chi connectivity index (χ4v) is 4.85. The Hall–Kier alpha value is -3.77. The molecule has 1 saturated carbocycles. The van der Waals surface area contributed by atoms with Gasteiger partial charge in [-0.1, -0.05) is 36.4 Å². The van der Waals surface area contributed by atoms with Gasteiger partial charge in [-0.2, -0.15) is 0 Å². The molecule has 1 fully saturated rings. The lowest BCUT2D eigenvalue weighted by Crippen LogP contribution is -2.45. The number of hydrogen-bond donors (Lipinski definition) is 0. The number of ether oxygens (including phenoxy) is 1. The highest BCUT2D eigenvalue weighted by atomic mass is 16.5. The van der Waals surface area contributed by atoms with Crippen LogP contribution in [0.1, 0.15) is 45.5 Å². The molecule has 3 aromatic carbocycles. The Balaban J connectivity index is 1.14. The molecule has 33 heavy (non-hydrogen) atoms. The molecule has 6 nitrogen and oxygen atoms in total. The molecule has 2 atom stereocenters. The normalized spacial score (nSPS) is 20.1. The molecular formula is C27H22N2O4. The summed E-state index contributed by atoms with van der Waals surface area (Å²) in [5.41, 5.74) is 4.49. The van der Waals surface area contributed by atoms with Gasteiger partial charge in [-0.05, 0) is 61.2 Å². The van der Waals surface area contributed by atoms with Crippen LogP contribution < -0.4 is 0 Å². The summed E-state index contributed by atoms with van der Waals surface area (Å²) in [5, 5.41) is 0. The van der Waals surface area contributed by atoms with Gasteiger partial charge in [-0.3, -0.25) is 14.5 Å². The van der Waals surface area contributed by atoms with Crippen LogP contribution in [-0.2, 0) is 11.3 Å². The molecule has 0 radical (unpaired) electrons. The molecule has 6 heteroatoms. The predicted molar refractivity (Wildman–Crippen MR) is 123 cm³/mol. The number of carbonyl (C=O) groups is 2. The van der Waals surface area contributed by atoms with Crippen molar-refractivity contribution in [3.8, 4) is 11.5 Å². The van der Waals surface area contributed by atoms with E-state index in [2.05, 4.69) is 4.98 Å². The first kappa shape index (κ1) is 19.9. The molecular weight excluding hydrogens is 416 g/mol. The zero-order chi connectivity index (χ0) is 22.4. The van der Waals surface area contributed by atoms with E-state index in [1.165, 1.54) is 4.90 Å². The molecule has 2 aliphatic rings. The van der Waals surface area contributed by atoms with Crippen LogP contribution in [0.5, 0.6) is 0 Å². The van der Waals surface area contributed by atoms with Crippen molar-refractivity contribution in [1.29, 1.82) is 0 Å². The SMILES string of the molecule is O=C1c2ccccc2C(=O)N1[C@@H]1CCC[C@H]1OCc1ccc(-c2nc3ccccc3o2)cc1. The van der Waals surface area contributed by atoms with Crippen LogP contribution in [0.3, 0.4) is 0 Å². The summed E-state index contributed by atoms with van der Waals surface area (Å²) in [5.74, 6) is 0.169. The highest BCUT2D eigenvalue weighted by Crippen LogP contribution is 2.34. The summed E-state index contributed by atoms with van der Waals surface area (Å²) in [4.78, 5) is 31.7. The van der Waals surface area contributed by atoms with E-state index in [4.69, 9.17) is 9.15 Å². The summed E-state index contributed by atoms with van der Waals surface area (Å²) in [6.07, 6.45) is 2.37. The standard InChI is InChI=1S/C27H22N2O4/c30-26-19-6-1-2-7-20(19)27(31)29(26)22-9-5-11-24(22)32-16-17-12-14-18(15-13-17)25-28-21-8-3-4-10-23(21)33-25/h1-4,6-8,10,12-15,22,24H,5,9,11,16H2/t22-,24-/m1/s1. The molecule has 4 aromatic rings. The van der Waals surface area contributed by atoms with Gasteiger partial charge in [0, 0.05) is 5.56 Å². The van der Waals surface area contributed by atoms with Crippen LogP contribution >= 0.6 is 0 Å². The maximum Gasteiger partial charge on any atom is 0.261 e. The Morgan fingerprint density at radius 3 is 2.30 bits per heavy atom. The Labute approximate surface area is 190 Å². The van der Waals surface area contributed by atoms with E-state index >= 15 is 0 Å². The summed E-state index contributed by atoms with van der Waals surface area (Å²) >= 11 is 0. The maximum atomic E-state index is 12.9. The summed E-state index contributed by atoms with van der Waals surface area (Å²) in [7, 11) is 0. The van der Waals surface area contributed by atoms with Gasteiger partial charge < -0.3 is 9.15 Å². The minimum Gasteiger partial charge on any atom is -0.436 e. The number of oxazole rings is 1. The largest absolute Gasteiger partial charge is 0.436 e. The van der Waals surface area contributed by atoms with Crippen LogP contribution in [0.15, 0.2) is 77.2 Å². The van der Waals surface area contributed by atoms with E-state index in [-0.39, 0.29) is 24.0 Å². The van der Waals surface area contributed by atoms with E-state index in [9.17, 15) is 9.59 Å². The number of imide groups is 1. The Bertz CT molecular complexity index is 1290. The minimum absolute atomic E-state index is 0.163. The van der Waals surface area contributed by atoms with E-state index in [1.54, 1.807) is 24.3 Å². The van der Waals surface area contributed by atoms with Gasteiger partial charge in [0.25, 0.3) is 11.8 Å². The van der Waals surface area contributed by atoms with E-state index in [1.807, 2.05) is 48.5 Å². The van der Waals surface area contributed by atoms with Crippen LogP contribution in [0, 0.1) is 0 Å². The monoisotopic (exact) mass is 438 g/mol. The van der Waals surface area contributed by atoms with Crippen molar-refractivity contribution in [2.45, 2.75) is 38.0 Å². The number of amides is 2. The maximum absolute atomic E-state index is 12.9. The molecule has 2 heterocycles. The lowest BCUT2D eigenvalue weighted by atomic mass is 10.1. The third-order valence-electron chi connectivity index (χ3n) is 6.53. The second-order valence-electron chi connectivity index (χ2n) is 8.56. The summed E-state index contributed by atoms with van der Waals surface area (Å²) in [6.45, 7) is 0.415. The molecule has 0 saturated heterocycles. The average Bonchev–Trinajstić information content (AvgIpc) is 3.55. The van der Waals surface area contributed by atoms with Crippen molar-refractivity contribution < 1.29 is 18.7 Å². The molecule has 0 unspecified atom stereocenters. The second-order valence-corrected chi connectivity index (χ2v) is 8.56. The third kappa shape index (κ3) is 3.43. The average molecular weight is 438 g/mol.